The van der Waals surface area contributed by atoms with Crippen LogP contribution in [0.3, 0.4) is 0 Å². The molecule has 0 spiro atoms. The molecule has 0 aliphatic heterocycles. The Morgan fingerprint density at radius 2 is 1.73 bits per heavy atom. The number of ketones is 2. The van der Waals surface area contributed by atoms with E-state index in [0.29, 0.717) is 0 Å². The van der Waals surface area contributed by atoms with Gasteiger partial charge in [-0.15, -0.1) is 0 Å². The van der Waals surface area contributed by atoms with Gasteiger partial charge in [-0.2, -0.15) is 0 Å². The van der Waals surface area contributed by atoms with E-state index in [9.17, 15) is 9.59 Å². The fraction of sp³-hybridized carbons (Fsp3) is 0.375. The highest BCUT2D eigenvalue weighted by Crippen LogP contribution is 1.98. The minimum absolute atomic E-state index is 0.0949. The number of Topliss-reactive ketones (excluding diaryl/α,β-unsaturated/α-hetero) is 2. The van der Waals surface area contributed by atoms with Gasteiger partial charge in [0.2, 0.25) is 5.78 Å². The molecule has 0 fully saturated rings. The van der Waals surface area contributed by atoms with Crippen LogP contribution >= 0.6 is 0 Å². The maximum absolute atomic E-state index is 11.0. The average molecular weight is 153 g/mol. The minimum Gasteiger partial charge on any atom is -0.302 e. The highest BCUT2D eigenvalue weighted by atomic mass is 16.1. The van der Waals surface area contributed by atoms with Crippen LogP contribution in [0.1, 0.15) is 20.8 Å². The summed E-state index contributed by atoms with van der Waals surface area (Å²) in [5.41, 5.74) is -0.00852. The van der Waals surface area contributed by atoms with Gasteiger partial charge in [0.05, 0.1) is 11.3 Å². The predicted octanol–water partition coefficient (Wildman–Crippen LogP) is 1.13. The summed E-state index contributed by atoms with van der Waals surface area (Å²) in [6, 6.07) is 0. The van der Waals surface area contributed by atoms with E-state index in [0.717, 1.165) is 0 Å². The second kappa shape index (κ2) is 3.81. The van der Waals surface area contributed by atoms with Crippen LogP contribution in [-0.4, -0.2) is 17.3 Å². The number of carbonyl (C=O) groups is 2. The summed E-state index contributed by atoms with van der Waals surface area (Å²) in [5, 5.41) is 6.98. The molecule has 3 heteroatoms. The molecule has 0 atom stereocenters. The third-order valence-corrected chi connectivity index (χ3v) is 1.25. The molecule has 0 radical (unpaired) electrons. The van der Waals surface area contributed by atoms with Crippen LogP contribution in [0, 0.1) is 5.41 Å². The molecular weight excluding hydrogens is 142 g/mol. The lowest BCUT2D eigenvalue weighted by atomic mass is 10.0. The van der Waals surface area contributed by atoms with Gasteiger partial charge >= 0.3 is 0 Å². The number of allylic oxidation sites excluding steroid dienone is 2. The zero-order valence-electron chi connectivity index (χ0n) is 6.89. The van der Waals surface area contributed by atoms with Crippen molar-refractivity contribution >= 4 is 17.3 Å². The third kappa shape index (κ3) is 2.45. The number of nitrogens with one attached hydrogen (secondary N) is 1. The van der Waals surface area contributed by atoms with Crippen LogP contribution in [0.2, 0.25) is 0 Å². The lowest BCUT2D eigenvalue weighted by Gasteiger charge is -1.97. The summed E-state index contributed by atoms with van der Waals surface area (Å²) in [4.78, 5) is 21.7. The Morgan fingerprint density at radius 3 is 1.82 bits per heavy atom. The molecule has 0 rings (SSSR count). The Bertz CT molecular complexity index is 238. The van der Waals surface area contributed by atoms with E-state index < -0.39 is 5.78 Å². The number of hydrogen-bond donors (Lipinski definition) is 1. The molecule has 0 aromatic carbocycles. The Morgan fingerprint density at radius 1 is 1.27 bits per heavy atom. The second-order valence-electron chi connectivity index (χ2n) is 2.21. The van der Waals surface area contributed by atoms with Gasteiger partial charge in [-0.1, -0.05) is 6.08 Å². The van der Waals surface area contributed by atoms with Crippen molar-refractivity contribution in [1.82, 2.24) is 0 Å². The quantitative estimate of drug-likeness (QED) is 0.286. The zero-order valence-corrected chi connectivity index (χ0v) is 6.89. The van der Waals surface area contributed by atoms with Gasteiger partial charge in [0.1, 0.15) is 0 Å². The van der Waals surface area contributed by atoms with Gasteiger partial charge in [-0.25, -0.2) is 0 Å². The Hall–Kier alpha value is -1.25. The summed E-state index contributed by atoms with van der Waals surface area (Å²) in [6.07, 6.45) is 1.43. The maximum Gasteiger partial charge on any atom is 0.209 e. The molecule has 0 aromatic rings. The van der Waals surface area contributed by atoms with Gasteiger partial charge in [-0.3, -0.25) is 9.59 Å². The molecule has 0 bridgehead atoms. The first-order valence-electron chi connectivity index (χ1n) is 3.27. The van der Waals surface area contributed by atoms with E-state index in [1.54, 1.807) is 6.92 Å². The van der Waals surface area contributed by atoms with Crippen LogP contribution in [0.5, 0.6) is 0 Å². The first-order chi connectivity index (χ1) is 5.00. The summed E-state index contributed by atoms with van der Waals surface area (Å²) in [5.74, 6) is -0.774. The van der Waals surface area contributed by atoms with Crippen molar-refractivity contribution in [2.45, 2.75) is 20.8 Å². The van der Waals surface area contributed by atoms with Crippen LogP contribution in [0.4, 0.5) is 0 Å². The maximum atomic E-state index is 11.0. The lowest BCUT2D eigenvalue weighted by molar-refractivity contribution is -0.117. The molecule has 0 aliphatic carbocycles. The van der Waals surface area contributed by atoms with E-state index in [-0.39, 0.29) is 17.1 Å². The summed E-state index contributed by atoms with van der Waals surface area (Å²) < 4.78 is 0. The van der Waals surface area contributed by atoms with E-state index in [1.165, 1.54) is 19.9 Å². The van der Waals surface area contributed by atoms with Gasteiger partial charge in [0, 0.05) is 0 Å². The van der Waals surface area contributed by atoms with Gasteiger partial charge in [-0.05, 0) is 20.8 Å². The third-order valence-electron chi connectivity index (χ3n) is 1.25. The molecule has 1 N–H and O–H groups in total. The topological polar surface area (TPSA) is 58.0 Å². The van der Waals surface area contributed by atoms with Crippen LogP contribution < -0.4 is 0 Å². The molecule has 0 amide bonds. The Kier molecular flexibility index (Phi) is 3.37. The Labute approximate surface area is 65.6 Å². The van der Waals surface area contributed by atoms with Crippen molar-refractivity contribution < 1.29 is 9.59 Å². The van der Waals surface area contributed by atoms with Crippen molar-refractivity contribution in [3.63, 3.8) is 0 Å². The van der Waals surface area contributed by atoms with E-state index in [1.807, 2.05) is 0 Å². The predicted molar refractivity (Wildman–Crippen MR) is 42.8 cm³/mol. The first kappa shape index (κ1) is 9.75. The van der Waals surface area contributed by atoms with E-state index >= 15 is 0 Å². The van der Waals surface area contributed by atoms with Gasteiger partial charge < -0.3 is 5.41 Å². The number of hydrogen-bond acceptors (Lipinski definition) is 3. The van der Waals surface area contributed by atoms with Crippen LogP contribution in [0.25, 0.3) is 0 Å². The smallest absolute Gasteiger partial charge is 0.209 e. The van der Waals surface area contributed by atoms with Crippen LogP contribution in [0.15, 0.2) is 11.6 Å². The SMILES string of the molecule is CC=C(C(C)=O)C(=O)C(C)=N. The van der Waals surface area contributed by atoms with Crippen molar-refractivity contribution in [2.75, 3.05) is 0 Å². The molecular formula is C8H11NO2. The van der Waals surface area contributed by atoms with Crippen molar-refractivity contribution in [3.05, 3.63) is 11.6 Å². The fourth-order valence-electron chi connectivity index (χ4n) is 0.696. The summed E-state index contributed by atoms with van der Waals surface area (Å²) in [6.45, 7) is 4.29. The summed E-state index contributed by atoms with van der Waals surface area (Å²) in [7, 11) is 0. The first-order valence-corrected chi connectivity index (χ1v) is 3.27. The highest BCUT2D eigenvalue weighted by molar-refractivity contribution is 6.49. The van der Waals surface area contributed by atoms with Gasteiger partial charge in [0.15, 0.2) is 5.78 Å². The van der Waals surface area contributed by atoms with Gasteiger partial charge in [0.25, 0.3) is 0 Å². The molecule has 0 unspecified atom stereocenters. The summed E-state index contributed by atoms with van der Waals surface area (Å²) >= 11 is 0. The second-order valence-corrected chi connectivity index (χ2v) is 2.21. The molecule has 0 saturated carbocycles. The molecule has 0 aromatic heterocycles. The normalized spacial score (nSPS) is 11.0. The molecule has 11 heavy (non-hydrogen) atoms. The van der Waals surface area contributed by atoms with E-state index in [2.05, 4.69) is 0 Å². The van der Waals surface area contributed by atoms with Crippen molar-refractivity contribution in [3.8, 4) is 0 Å². The average Bonchev–Trinajstić information content (AvgIpc) is 1.88. The minimum atomic E-state index is -0.486. The highest BCUT2D eigenvalue weighted by Gasteiger charge is 2.14. The molecule has 0 aliphatic rings. The zero-order chi connectivity index (χ0) is 9.02. The molecule has 3 nitrogen and oxygen atoms in total. The Balaban J connectivity index is 4.69. The fourth-order valence-corrected chi connectivity index (χ4v) is 0.696. The largest absolute Gasteiger partial charge is 0.302 e. The van der Waals surface area contributed by atoms with E-state index in [4.69, 9.17) is 5.41 Å². The van der Waals surface area contributed by atoms with Crippen molar-refractivity contribution in [1.29, 1.82) is 5.41 Å². The van der Waals surface area contributed by atoms with Crippen molar-refractivity contribution in [2.24, 2.45) is 0 Å². The van der Waals surface area contributed by atoms with Crippen LogP contribution in [-0.2, 0) is 9.59 Å². The standard InChI is InChI=1S/C8H11NO2/c1-4-7(6(3)10)8(11)5(2)9/h4,9H,1-3H3. The molecule has 60 valence electrons. The number of carbonyl (C=O) groups excluding carboxylic acids is 2. The monoisotopic (exact) mass is 153 g/mol. The lowest BCUT2D eigenvalue weighted by Crippen LogP contribution is -2.16. The molecule has 0 heterocycles. The number of rotatable bonds is 3. The molecule has 0 saturated heterocycles.